The van der Waals surface area contributed by atoms with E-state index in [4.69, 9.17) is 23.9 Å². The number of ether oxygens (including phenoxy) is 4. The van der Waals surface area contributed by atoms with Crippen molar-refractivity contribution >= 4 is 62.1 Å². The van der Waals surface area contributed by atoms with E-state index in [0.29, 0.717) is 76.6 Å². The number of aryl methyl sites for hydroxylation is 1. The van der Waals surface area contributed by atoms with Crippen LogP contribution in [0.5, 0.6) is 11.5 Å². The van der Waals surface area contributed by atoms with Gasteiger partial charge in [-0.1, -0.05) is 18.2 Å². The predicted molar refractivity (Wildman–Crippen MR) is 176 cm³/mol. The highest BCUT2D eigenvalue weighted by atomic mass is 32.1. The Morgan fingerprint density at radius 2 is 1.77 bits per heavy atom. The Bertz CT molecular complexity index is 1940. The first-order valence-electron chi connectivity index (χ1n) is 15.4. The molecule has 8 rings (SSSR count). The molecule has 0 bridgehead atoms. The number of pyridine rings is 1. The maximum atomic E-state index is 14.2. The number of amides is 3. The number of carbonyl (C=O) groups is 2. The van der Waals surface area contributed by atoms with Crippen LogP contribution in [0, 0.1) is 18.3 Å². The fourth-order valence-electron chi connectivity index (χ4n) is 6.42. The lowest BCUT2D eigenvalue weighted by molar-refractivity contribution is 0.0342. The highest BCUT2D eigenvalue weighted by Crippen LogP contribution is 2.53. The summed E-state index contributed by atoms with van der Waals surface area (Å²) in [6.45, 7) is 7.95. The molecule has 4 aromatic rings. The molecule has 2 saturated heterocycles. The zero-order chi connectivity index (χ0) is 32.1. The maximum absolute atomic E-state index is 14.2. The van der Waals surface area contributed by atoms with Gasteiger partial charge in [0.1, 0.15) is 21.3 Å². The number of hydrogen-bond acceptors (Lipinski definition) is 11. The lowest BCUT2D eigenvalue weighted by Gasteiger charge is -2.33. The van der Waals surface area contributed by atoms with Gasteiger partial charge in [0.05, 0.1) is 48.9 Å². The van der Waals surface area contributed by atoms with E-state index < -0.39 is 6.03 Å². The predicted octanol–water partition coefficient (Wildman–Crippen LogP) is 4.81. The van der Waals surface area contributed by atoms with Crippen molar-refractivity contribution < 1.29 is 28.5 Å². The minimum absolute atomic E-state index is 0.0132. The third-order valence-corrected chi connectivity index (χ3v) is 9.82. The van der Waals surface area contributed by atoms with Crippen LogP contribution in [0.3, 0.4) is 0 Å². The first-order chi connectivity index (χ1) is 23.0. The lowest BCUT2D eigenvalue weighted by atomic mass is 10.0. The molecule has 4 aliphatic heterocycles. The molecule has 0 atom stereocenters. The maximum Gasteiger partial charge on any atom is 0.331 e. The number of carbonyl (C=O) groups excluding carboxylic acids is 2. The molecular formula is C33H31N7O6S. The Balaban J connectivity index is 1.21. The quantitative estimate of drug-likeness (QED) is 0.298. The van der Waals surface area contributed by atoms with Crippen molar-refractivity contribution in [3.8, 4) is 17.6 Å². The van der Waals surface area contributed by atoms with Crippen LogP contribution in [0.15, 0.2) is 36.4 Å². The monoisotopic (exact) mass is 653 g/mol. The Morgan fingerprint density at radius 1 is 1.02 bits per heavy atom. The fourth-order valence-corrected chi connectivity index (χ4v) is 7.45. The zero-order valence-electron chi connectivity index (χ0n) is 25.6. The van der Waals surface area contributed by atoms with Gasteiger partial charge >= 0.3 is 6.03 Å². The van der Waals surface area contributed by atoms with Crippen LogP contribution in [-0.2, 0) is 16.0 Å². The van der Waals surface area contributed by atoms with Crippen LogP contribution < -0.4 is 29.9 Å². The zero-order valence-corrected chi connectivity index (χ0v) is 26.4. The SMILES string of the molecule is Cc1ccc2c(c1N1C(=O)Nc3c(C(=O)Nc4ccc(CN5CCOCC5)cc4)sc4nc(N5CCOCC5)c(C#N)c1c34)OCO2. The third kappa shape index (κ3) is 5.17. The topological polar surface area (TPSA) is 142 Å². The van der Waals surface area contributed by atoms with Crippen LogP contribution >= 0.6 is 11.3 Å². The number of benzene rings is 2. The average Bonchev–Trinajstić information content (AvgIpc) is 3.72. The number of rotatable bonds is 6. The lowest BCUT2D eigenvalue weighted by Crippen LogP contribution is -2.39. The van der Waals surface area contributed by atoms with E-state index in [1.165, 1.54) is 16.2 Å². The number of anilines is 5. The first kappa shape index (κ1) is 29.5. The summed E-state index contributed by atoms with van der Waals surface area (Å²) in [6.07, 6.45) is 0. The summed E-state index contributed by atoms with van der Waals surface area (Å²) in [4.78, 5) is 39.5. The van der Waals surface area contributed by atoms with Crippen LogP contribution in [0.25, 0.3) is 10.2 Å². The molecule has 2 N–H and O–H groups in total. The molecule has 0 aliphatic carbocycles. The third-order valence-electron chi connectivity index (χ3n) is 8.74. The molecule has 0 unspecified atom stereocenters. The summed E-state index contributed by atoms with van der Waals surface area (Å²) in [5, 5.41) is 17.1. The van der Waals surface area contributed by atoms with Crippen molar-refractivity contribution in [3.63, 3.8) is 0 Å². The van der Waals surface area contributed by atoms with E-state index in [2.05, 4.69) is 21.6 Å². The van der Waals surface area contributed by atoms with Gasteiger partial charge in [-0.2, -0.15) is 5.26 Å². The molecule has 3 amide bonds. The molecule has 14 heteroatoms. The summed E-state index contributed by atoms with van der Waals surface area (Å²) in [5.74, 6) is 0.970. The number of nitrogens with zero attached hydrogens (tertiary/aromatic N) is 5. The largest absolute Gasteiger partial charge is 0.454 e. The minimum atomic E-state index is -0.527. The number of aromatic nitrogens is 1. The molecule has 2 fully saturated rings. The van der Waals surface area contributed by atoms with Gasteiger partial charge in [0, 0.05) is 38.4 Å². The molecule has 2 aromatic carbocycles. The van der Waals surface area contributed by atoms with Gasteiger partial charge in [0.15, 0.2) is 17.3 Å². The normalized spacial score (nSPS) is 17.5. The van der Waals surface area contributed by atoms with Gasteiger partial charge in [-0.25, -0.2) is 9.78 Å². The number of fused-ring (bicyclic) bond motifs is 1. The van der Waals surface area contributed by atoms with Gasteiger partial charge in [-0.15, -0.1) is 11.3 Å². The molecule has 13 nitrogen and oxygen atoms in total. The van der Waals surface area contributed by atoms with Crippen LogP contribution in [0.1, 0.15) is 26.4 Å². The average molecular weight is 654 g/mol. The van der Waals surface area contributed by atoms with Crippen molar-refractivity contribution in [2.24, 2.45) is 0 Å². The van der Waals surface area contributed by atoms with E-state index in [1.807, 2.05) is 42.2 Å². The van der Waals surface area contributed by atoms with Crippen molar-refractivity contribution in [3.05, 3.63) is 58.0 Å². The molecule has 2 aromatic heterocycles. The Hall–Kier alpha value is -4.94. The molecular weight excluding hydrogens is 622 g/mol. The van der Waals surface area contributed by atoms with E-state index in [9.17, 15) is 14.9 Å². The number of nitrogens with one attached hydrogen (secondary N) is 2. The summed E-state index contributed by atoms with van der Waals surface area (Å²) in [5.41, 5.74) is 3.89. The van der Waals surface area contributed by atoms with Crippen LogP contribution in [0.4, 0.5) is 33.4 Å². The second-order valence-electron chi connectivity index (χ2n) is 11.6. The van der Waals surface area contributed by atoms with E-state index in [1.54, 1.807) is 6.07 Å². The highest BCUT2D eigenvalue weighted by molar-refractivity contribution is 7.21. The van der Waals surface area contributed by atoms with Gasteiger partial charge in [-0.3, -0.25) is 14.6 Å². The Kier molecular flexibility index (Phi) is 7.53. The molecule has 0 spiro atoms. The number of thiophene rings is 1. The first-order valence-corrected chi connectivity index (χ1v) is 16.3. The van der Waals surface area contributed by atoms with Crippen LogP contribution in [0.2, 0.25) is 0 Å². The number of nitriles is 1. The fraction of sp³-hybridized carbons (Fsp3) is 0.333. The van der Waals surface area contributed by atoms with Crippen molar-refractivity contribution in [1.29, 1.82) is 5.26 Å². The highest BCUT2D eigenvalue weighted by Gasteiger charge is 2.40. The van der Waals surface area contributed by atoms with E-state index >= 15 is 0 Å². The molecule has 6 heterocycles. The number of urea groups is 1. The van der Waals surface area contributed by atoms with Crippen molar-refractivity contribution in [2.75, 3.05) is 79.8 Å². The van der Waals surface area contributed by atoms with Gasteiger partial charge in [0.25, 0.3) is 5.91 Å². The molecule has 240 valence electrons. The molecule has 0 saturated carbocycles. The second kappa shape index (κ2) is 12.0. The molecule has 47 heavy (non-hydrogen) atoms. The van der Waals surface area contributed by atoms with Crippen LogP contribution in [-0.4, -0.2) is 81.2 Å². The Labute approximate surface area is 274 Å². The molecule has 4 aliphatic rings. The van der Waals surface area contributed by atoms with Gasteiger partial charge < -0.3 is 34.5 Å². The summed E-state index contributed by atoms with van der Waals surface area (Å²) < 4.78 is 22.5. The van der Waals surface area contributed by atoms with Crippen molar-refractivity contribution in [2.45, 2.75) is 13.5 Å². The second-order valence-corrected chi connectivity index (χ2v) is 12.6. The smallest absolute Gasteiger partial charge is 0.331 e. The van der Waals surface area contributed by atoms with E-state index in [0.717, 1.165) is 44.0 Å². The number of morpholine rings is 2. The summed E-state index contributed by atoms with van der Waals surface area (Å²) in [6, 6.07) is 13.2. The van der Waals surface area contributed by atoms with Gasteiger partial charge in [0.2, 0.25) is 6.79 Å². The summed E-state index contributed by atoms with van der Waals surface area (Å²) in [7, 11) is 0. The molecule has 0 radical (unpaired) electrons. The standard InChI is InChI=1S/C33H31N7O6S/c1-19-2-7-23-28(46-18-45-23)26(19)40-27-22(16-34)30(39-10-14-44-15-11-39)37-32-24(27)25(36-33(40)42)29(47-32)31(41)35-21-5-3-20(4-6-21)17-38-8-12-43-13-9-38/h2-7H,8-15,17-18H2,1H3,(H,35,41)(H,36,42). The van der Waals surface area contributed by atoms with Gasteiger partial charge in [-0.05, 0) is 36.2 Å². The van der Waals surface area contributed by atoms with Crippen molar-refractivity contribution in [1.82, 2.24) is 9.88 Å². The summed E-state index contributed by atoms with van der Waals surface area (Å²) >= 11 is 1.18. The van der Waals surface area contributed by atoms with E-state index in [-0.39, 0.29) is 23.1 Å². The number of hydrogen-bond donors (Lipinski definition) is 2. The Morgan fingerprint density at radius 3 is 2.51 bits per heavy atom. The minimum Gasteiger partial charge on any atom is -0.454 e.